The van der Waals surface area contributed by atoms with Gasteiger partial charge in [-0.15, -0.1) is 0 Å². The summed E-state index contributed by atoms with van der Waals surface area (Å²) >= 11 is 0. The van der Waals surface area contributed by atoms with Crippen molar-refractivity contribution in [1.29, 1.82) is 0 Å². The van der Waals surface area contributed by atoms with E-state index >= 15 is 0 Å². The standard InChI is InChI=1S/C17H29N3O/c1-3-21-17-12-15(18)11-16(13-17)19-8-6-10-20-9-5-4-7-14(20)2/h11-14,19H,3-10,18H2,1-2H3. The first-order valence-corrected chi connectivity index (χ1v) is 8.20. The number of nitrogen functional groups attached to an aromatic ring is 1. The summed E-state index contributed by atoms with van der Waals surface area (Å²) in [6.45, 7) is 8.39. The van der Waals surface area contributed by atoms with E-state index in [0.29, 0.717) is 6.61 Å². The molecule has 0 saturated carbocycles. The summed E-state index contributed by atoms with van der Waals surface area (Å²) in [6.07, 6.45) is 5.24. The Morgan fingerprint density at radius 3 is 2.95 bits per heavy atom. The number of ether oxygens (including phenoxy) is 1. The number of hydrogen-bond acceptors (Lipinski definition) is 4. The number of nitrogens with zero attached hydrogens (tertiary/aromatic N) is 1. The summed E-state index contributed by atoms with van der Waals surface area (Å²) in [5, 5.41) is 3.45. The predicted molar refractivity (Wildman–Crippen MR) is 90.0 cm³/mol. The van der Waals surface area contributed by atoms with Gasteiger partial charge in [0.2, 0.25) is 0 Å². The third kappa shape index (κ3) is 5.12. The molecule has 1 unspecified atom stereocenters. The first-order valence-electron chi connectivity index (χ1n) is 8.20. The van der Waals surface area contributed by atoms with Gasteiger partial charge in [-0.1, -0.05) is 6.42 Å². The first-order chi connectivity index (χ1) is 10.2. The van der Waals surface area contributed by atoms with Gasteiger partial charge in [0, 0.05) is 42.6 Å². The summed E-state index contributed by atoms with van der Waals surface area (Å²) in [6, 6.07) is 6.59. The molecule has 1 fully saturated rings. The average molecular weight is 291 g/mol. The molecule has 1 aliphatic heterocycles. The van der Waals surface area contributed by atoms with Crippen LogP contribution in [0.4, 0.5) is 11.4 Å². The van der Waals surface area contributed by atoms with Crippen molar-refractivity contribution in [2.75, 3.05) is 37.3 Å². The molecule has 1 atom stereocenters. The Balaban J connectivity index is 1.75. The van der Waals surface area contributed by atoms with E-state index in [1.54, 1.807) is 0 Å². The lowest BCUT2D eigenvalue weighted by Crippen LogP contribution is -2.38. The number of hydrogen-bond donors (Lipinski definition) is 2. The molecule has 0 amide bonds. The molecule has 1 aromatic rings. The van der Waals surface area contributed by atoms with Crippen molar-refractivity contribution in [2.24, 2.45) is 0 Å². The maximum atomic E-state index is 5.90. The van der Waals surface area contributed by atoms with Crippen LogP contribution in [0.5, 0.6) is 5.75 Å². The summed E-state index contributed by atoms with van der Waals surface area (Å²) in [7, 11) is 0. The average Bonchev–Trinajstić information content (AvgIpc) is 2.45. The molecule has 4 nitrogen and oxygen atoms in total. The number of benzene rings is 1. The topological polar surface area (TPSA) is 50.5 Å². The van der Waals surface area contributed by atoms with Gasteiger partial charge in [0.1, 0.15) is 5.75 Å². The number of likely N-dealkylation sites (tertiary alicyclic amines) is 1. The predicted octanol–water partition coefficient (Wildman–Crippen LogP) is 3.34. The Morgan fingerprint density at radius 1 is 1.33 bits per heavy atom. The fourth-order valence-electron chi connectivity index (χ4n) is 2.98. The van der Waals surface area contributed by atoms with E-state index < -0.39 is 0 Å². The smallest absolute Gasteiger partial charge is 0.123 e. The lowest BCUT2D eigenvalue weighted by molar-refractivity contribution is 0.160. The van der Waals surface area contributed by atoms with E-state index in [9.17, 15) is 0 Å². The Bertz CT molecular complexity index is 436. The second-order valence-electron chi connectivity index (χ2n) is 5.88. The Kier molecular flexibility index (Phi) is 6.18. The van der Waals surface area contributed by atoms with Gasteiger partial charge in [0.25, 0.3) is 0 Å². The Hall–Kier alpha value is -1.42. The summed E-state index contributed by atoms with van der Waals surface area (Å²) < 4.78 is 5.51. The number of piperidine rings is 1. The Morgan fingerprint density at radius 2 is 2.19 bits per heavy atom. The second-order valence-corrected chi connectivity index (χ2v) is 5.88. The summed E-state index contributed by atoms with van der Waals surface area (Å²) in [5.41, 5.74) is 7.69. The van der Waals surface area contributed by atoms with E-state index in [-0.39, 0.29) is 0 Å². The maximum Gasteiger partial charge on any atom is 0.123 e. The molecule has 0 radical (unpaired) electrons. The van der Waals surface area contributed by atoms with Crippen molar-refractivity contribution in [3.8, 4) is 5.75 Å². The van der Waals surface area contributed by atoms with Crippen LogP contribution in [-0.4, -0.2) is 37.2 Å². The minimum Gasteiger partial charge on any atom is -0.494 e. The number of rotatable bonds is 7. The van der Waals surface area contributed by atoms with Crippen LogP contribution in [0.2, 0.25) is 0 Å². The molecule has 0 bridgehead atoms. The monoisotopic (exact) mass is 291 g/mol. The van der Waals surface area contributed by atoms with Crippen LogP contribution in [-0.2, 0) is 0 Å². The van der Waals surface area contributed by atoms with E-state index in [0.717, 1.165) is 36.1 Å². The first kappa shape index (κ1) is 16.0. The van der Waals surface area contributed by atoms with Crippen LogP contribution in [0.15, 0.2) is 18.2 Å². The lowest BCUT2D eigenvalue weighted by atomic mass is 10.0. The fraction of sp³-hybridized carbons (Fsp3) is 0.647. The van der Waals surface area contributed by atoms with E-state index in [1.807, 2.05) is 25.1 Å². The summed E-state index contributed by atoms with van der Waals surface area (Å²) in [4.78, 5) is 2.61. The van der Waals surface area contributed by atoms with Crippen molar-refractivity contribution < 1.29 is 4.74 Å². The molecule has 118 valence electrons. The molecule has 3 N–H and O–H groups in total. The van der Waals surface area contributed by atoms with Gasteiger partial charge in [0.15, 0.2) is 0 Å². The van der Waals surface area contributed by atoms with Gasteiger partial charge < -0.3 is 20.7 Å². The molecule has 4 heteroatoms. The molecule has 1 aromatic carbocycles. The van der Waals surface area contributed by atoms with Crippen LogP contribution in [0.3, 0.4) is 0 Å². The van der Waals surface area contributed by atoms with Crippen molar-refractivity contribution >= 4 is 11.4 Å². The van der Waals surface area contributed by atoms with Crippen molar-refractivity contribution in [1.82, 2.24) is 4.90 Å². The van der Waals surface area contributed by atoms with Crippen LogP contribution in [0, 0.1) is 0 Å². The van der Waals surface area contributed by atoms with Gasteiger partial charge in [-0.25, -0.2) is 0 Å². The molecule has 1 aliphatic rings. The highest BCUT2D eigenvalue weighted by atomic mass is 16.5. The number of nitrogens with one attached hydrogen (secondary N) is 1. The van der Waals surface area contributed by atoms with Gasteiger partial charge in [-0.3, -0.25) is 0 Å². The van der Waals surface area contributed by atoms with Crippen LogP contribution in [0.1, 0.15) is 39.5 Å². The molecule has 1 saturated heterocycles. The third-order valence-electron chi connectivity index (χ3n) is 4.13. The SMILES string of the molecule is CCOc1cc(N)cc(NCCCN2CCCCC2C)c1. The molecule has 0 aromatic heterocycles. The quantitative estimate of drug-likeness (QED) is 0.597. The molecular formula is C17H29N3O. The number of nitrogens with two attached hydrogens (primary N) is 1. The molecule has 21 heavy (non-hydrogen) atoms. The molecule has 1 heterocycles. The third-order valence-corrected chi connectivity index (χ3v) is 4.13. The minimum atomic E-state index is 0.662. The van der Waals surface area contributed by atoms with Gasteiger partial charge in [0.05, 0.1) is 6.61 Å². The maximum absolute atomic E-state index is 5.90. The van der Waals surface area contributed by atoms with Crippen LogP contribution < -0.4 is 15.8 Å². The van der Waals surface area contributed by atoms with Crippen molar-refractivity contribution in [3.63, 3.8) is 0 Å². The largest absolute Gasteiger partial charge is 0.494 e. The molecule has 0 aliphatic carbocycles. The van der Waals surface area contributed by atoms with Gasteiger partial charge >= 0.3 is 0 Å². The summed E-state index contributed by atoms with van der Waals surface area (Å²) in [5.74, 6) is 0.838. The highest BCUT2D eigenvalue weighted by Gasteiger charge is 2.16. The van der Waals surface area contributed by atoms with Crippen LogP contribution in [0.25, 0.3) is 0 Å². The molecule has 2 rings (SSSR count). The highest BCUT2D eigenvalue weighted by Crippen LogP contribution is 2.22. The zero-order chi connectivity index (χ0) is 15.1. The normalized spacial score (nSPS) is 19.4. The molecule has 0 spiro atoms. The lowest BCUT2D eigenvalue weighted by Gasteiger charge is -2.33. The minimum absolute atomic E-state index is 0.662. The Labute approximate surface area is 128 Å². The molecular weight excluding hydrogens is 262 g/mol. The fourth-order valence-corrected chi connectivity index (χ4v) is 2.98. The van der Waals surface area contributed by atoms with Gasteiger partial charge in [-0.2, -0.15) is 0 Å². The highest BCUT2D eigenvalue weighted by molar-refractivity contribution is 5.59. The van der Waals surface area contributed by atoms with Crippen LogP contribution >= 0.6 is 0 Å². The zero-order valence-electron chi connectivity index (χ0n) is 13.4. The number of anilines is 2. The van der Waals surface area contributed by atoms with Crippen molar-refractivity contribution in [2.45, 2.75) is 45.6 Å². The van der Waals surface area contributed by atoms with Gasteiger partial charge in [-0.05, 0) is 45.7 Å². The second kappa shape index (κ2) is 8.13. The zero-order valence-corrected chi connectivity index (χ0v) is 13.4. The van der Waals surface area contributed by atoms with E-state index in [2.05, 4.69) is 17.1 Å². The van der Waals surface area contributed by atoms with Crippen molar-refractivity contribution in [3.05, 3.63) is 18.2 Å². The van der Waals surface area contributed by atoms with E-state index in [4.69, 9.17) is 10.5 Å². The van der Waals surface area contributed by atoms with E-state index in [1.165, 1.54) is 32.4 Å².